The molecule has 2 rings (SSSR count). The number of sulfonamides is 1. The minimum absolute atomic E-state index is 0.0742. The van der Waals surface area contributed by atoms with Gasteiger partial charge >= 0.3 is 0 Å². The summed E-state index contributed by atoms with van der Waals surface area (Å²) in [5.74, 6) is -1.14. The lowest BCUT2D eigenvalue weighted by Crippen LogP contribution is -2.44. The number of benzene rings is 1. The van der Waals surface area contributed by atoms with E-state index in [0.29, 0.717) is 13.0 Å². The van der Waals surface area contributed by atoms with Gasteiger partial charge in [-0.25, -0.2) is 17.5 Å². The Morgan fingerprint density at radius 3 is 2.71 bits per heavy atom. The van der Waals surface area contributed by atoms with Gasteiger partial charge in [0.1, 0.15) is 5.82 Å². The van der Waals surface area contributed by atoms with Crippen LogP contribution in [-0.2, 0) is 14.8 Å². The van der Waals surface area contributed by atoms with Gasteiger partial charge in [0.15, 0.2) is 0 Å². The van der Waals surface area contributed by atoms with Crippen LogP contribution in [0.4, 0.5) is 10.1 Å². The van der Waals surface area contributed by atoms with Crippen molar-refractivity contribution in [1.82, 2.24) is 14.9 Å². The van der Waals surface area contributed by atoms with Gasteiger partial charge < -0.3 is 15.5 Å². The van der Waals surface area contributed by atoms with Crippen molar-refractivity contribution in [3.05, 3.63) is 24.0 Å². The van der Waals surface area contributed by atoms with Gasteiger partial charge in [-0.15, -0.1) is 0 Å². The summed E-state index contributed by atoms with van der Waals surface area (Å²) in [6, 6.07) is 3.33. The number of hydrogen-bond donors (Lipinski definition) is 3. The van der Waals surface area contributed by atoms with Gasteiger partial charge in [0.2, 0.25) is 15.9 Å². The molecule has 3 N–H and O–H groups in total. The van der Waals surface area contributed by atoms with Crippen molar-refractivity contribution in [3.63, 3.8) is 0 Å². The Labute approximate surface area is 141 Å². The summed E-state index contributed by atoms with van der Waals surface area (Å²) < 4.78 is 40.6. The molecular formula is C15H23FN4O3S. The summed E-state index contributed by atoms with van der Waals surface area (Å²) in [5, 5.41) is 5.54. The van der Waals surface area contributed by atoms with E-state index in [2.05, 4.69) is 20.3 Å². The summed E-state index contributed by atoms with van der Waals surface area (Å²) in [5.41, 5.74) is -0.147. The van der Waals surface area contributed by atoms with Crippen molar-refractivity contribution < 1.29 is 17.6 Å². The number of piperazine rings is 1. The van der Waals surface area contributed by atoms with Crippen molar-refractivity contribution in [2.75, 3.05) is 44.6 Å². The Balaban J connectivity index is 1.90. The molecule has 0 bridgehead atoms. The number of hydrogen-bond acceptors (Lipinski definition) is 5. The summed E-state index contributed by atoms with van der Waals surface area (Å²) in [7, 11) is -3.74. The predicted molar refractivity (Wildman–Crippen MR) is 89.8 cm³/mol. The van der Waals surface area contributed by atoms with Crippen molar-refractivity contribution in [2.45, 2.75) is 18.2 Å². The van der Waals surface area contributed by atoms with Crippen LogP contribution in [0.5, 0.6) is 0 Å². The van der Waals surface area contributed by atoms with Gasteiger partial charge in [-0.1, -0.05) is 0 Å². The first-order valence-electron chi connectivity index (χ1n) is 7.88. The van der Waals surface area contributed by atoms with Crippen LogP contribution in [-0.4, -0.2) is 58.5 Å². The van der Waals surface area contributed by atoms with Crippen LogP contribution in [0.1, 0.15) is 13.3 Å². The lowest BCUT2D eigenvalue weighted by atomic mass is 10.3. The average Bonchev–Trinajstić information content (AvgIpc) is 2.54. The highest BCUT2D eigenvalue weighted by atomic mass is 32.2. The van der Waals surface area contributed by atoms with Crippen molar-refractivity contribution in [2.24, 2.45) is 0 Å². The molecule has 24 heavy (non-hydrogen) atoms. The zero-order valence-corrected chi connectivity index (χ0v) is 14.5. The third kappa shape index (κ3) is 5.52. The fraction of sp³-hybridized carbons (Fsp3) is 0.533. The Kier molecular flexibility index (Phi) is 6.67. The summed E-state index contributed by atoms with van der Waals surface area (Å²) in [6.07, 6.45) is 0.693. The Morgan fingerprint density at radius 1 is 1.33 bits per heavy atom. The monoisotopic (exact) mass is 358 g/mol. The lowest BCUT2D eigenvalue weighted by Gasteiger charge is -2.27. The zero-order chi connectivity index (χ0) is 17.6. The van der Waals surface area contributed by atoms with Crippen molar-refractivity contribution in [1.29, 1.82) is 0 Å². The number of anilines is 1. The molecule has 0 saturated carbocycles. The number of rotatable bonds is 7. The third-order valence-electron chi connectivity index (χ3n) is 3.71. The summed E-state index contributed by atoms with van der Waals surface area (Å²) in [6.45, 7) is 6.19. The molecule has 0 spiro atoms. The SMILES string of the molecule is CC(=O)Nc1cc(S(=O)(=O)NCCCN2CCNCC2)ccc1F. The fourth-order valence-electron chi connectivity index (χ4n) is 2.48. The van der Waals surface area contributed by atoms with E-state index in [4.69, 9.17) is 0 Å². The fourth-order valence-corrected chi connectivity index (χ4v) is 3.58. The molecule has 1 aromatic carbocycles. The zero-order valence-electron chi connectivity index (χ0n) is 13.6. The first-order valence-corrected chi connectivity index (χ1v) is 9.37. The normalized spacial score (nSPS) is 16.1. The maximum atomic E-state index is 13.6. The van der Waals surface area contributed by atoms with Crippen LogP contribution in [0.15, 0.2) is 23.1 Å². The highest BCUT2D eigenvalue weighted by Crippen LogP contribution is 2.19. The lowest BCUT2D eigenvalue weighted by molar-refractivity contribution is -0.114. The van der Waals surface area contributed by atoms with Crippen LogP contribution in [0, 0.1) is 5.82 Å². The summed E-state index contributed by atoms with van der Waals surface area (Å²) in [4.78, 5) is 13.2. The molecule has 7 nitrogen and oxygen atoms in total. The van der Waals surface area contributed by atoms with Crippen LogP contribution in [0.3, 0.4) is 0 Å². The topological polar surface area (TPSA) is 90.5 Å². The minimum Gasteiger partial charge on any atom is -0.324 e. The van der Waals surface area contributed by atoms with Gasteiger partial charge in [0, 0.05) is 39.6 Å². The second kappa shape index (κ2) is 8.52. The molecule has 0 radical (unpaired) electrons. The molecular weight excluding hydrogens is 335 g/mol. The smallest absolute Gasteiger partial charge is 0.240 e. The molecule has 134 valence electrons. The van der Waals surface area contributed by atoms with Crippen LogP contribution < -0.4 is 15.4 Å². The van der Waals surface area contributed by atoms with E-state index < -0.39 is 21.7 Å². The van der Waals surface area contributed by atoms with Crippen LogP contribution in [0.25, 0.3) is 0 Å². The van der Waals surface area contributed by atoms with Gasteiger partial charge in [0.05, 0.1) is 10.6 Å². The van der Waals surface area contributed by atoms with Crippen molar-refractivity contribution >= 4 is 21.6 Å². The molecule has 1 heterocycles. The Bertz CT molecular complexity index is 675. The van der Waals surface area contributed by atoms with E-state index in [-0.39, 0.29) is 10.6 Å². The molecule has 1 aliphatic heterocycles. The van der Waals surface area contributed by atoms with E-state index in [1.165, 1.54) is 13.0 Å². The highest BCUT2D eigenvalue weighted by Gasteiger charge is 2.17. The summed E-state index contributed by atoms with van der Waals surface area (Å²) >= 11 is 0. The molecule has 0 atom stereocenters. The van der Waals surface area contributed by atoms with E-state index in [0.717, 1.165) is 44.9 Å². The standard InChI is InChI=1S/C15H23FN4O3S/c1-12(21)19-15-11-13(3-4-14(15)16)24(22,23)18-5-2-8-20-9-6-17-7-10-20/h3-4,11,17-18H,2,5-10H2,1H3,(H,19,21). The Morgan fingerprint density at radius 2 is 2.04 bits per heavy atom. The molecule has 1 amide bonds. The van der Waals surface area contributed by atoms with Crippen LogP contribution >= 0.6 is 0 Å². The van der Waals surface area contributed by atoms with Crippen LogP contribution in [0.2, 0.25) is 0 Å². The van der Waals surface area contributed by atoms with E-state index in [1.54, 1.807) is 0 Å². The van der Waals surface area contributed by atoms with Gasteiger partial charge in [-0.3, -0.25) is 4.79 Å². The van der Waals surface area contributed by atoms with Crippen molar-refractivity contribution in [3.8, 4) is 0 Å². The third-order valence-corrected chi connectivity index (χ3v) is 5.17. The number of carbonyl (C=O) groups excluding carboxylic acids is 1. The van der Waals surface area contributed by atoms with Gasteiger partial charge in [0.25, 0.3) is 0 Å². The number of nitrogens with one attached hydrogen (secondary N) is 3. The molecule has 0 aliphatic carbocycles. The molecule has 1 saturated heterocycles. The van der Waals surface area contributed by atoms with E-state index >= 15 is 0 Å². The average molecular weight is 358 g/mol. The number of halogens is 1. The predicted octanol–water partition coefficient (Wildman–Crippen LogP) is 0.358. The minimum atomic E-state index is -3.74. The van der Waals surface area contributed by atoms with Gasteiger partial charge in [-0.05, 0) is 31.2 Å². The molecule has 1 aromatic rings. The molecule has 1 fully saturated rings. The van der Waals surface area contributed by atoms with E-state index in [1.807, 2.05) is 0 Å². The largest absolute Gasteiger partial charge is 0.324 e. The molecule has 9 heteroatoms. The second-order valence-corrected chi connectivity index (χ2v) is 7.43. The number of nitrogens with zero attached hydrogens (tertiary/aromatic N) is 1. The quantitative estimate of drug-likeness (QED) is 0.612. The van der Waals surface area contributed by atoms with E-state index in [9.17, 15) is 17.6 Å². The second-order valence-electron chi connectivity index (χ2n) is 5.67. The number of amides is 1. The molecule has 0 aromatic heterocycles. The highest BCUT2D eigenvalue weighted by molar-refractivity contribution is 7.89. The molecule has 0 unspecified atom stereocenters. The number of carbonyl (C=O) groups is 1. The Hall–Kier alpha value is -1.55. The van der Waals surface area contributed by atoms with Gasteiger partial charge in [-0.2, -0.15) is 0 Å². The maximum Gasteiger partial charge on any atom is 0.240 e. The first kappa shape index (κ1) is 18.8. The first-order chi connectivity index (χ1) is 11.4. The maximum absolute atomic E-state index is 13.6. The molecule has 1 aliphatic rings.